The summed E-state index contributed by atoms with van der Waals surface area (Å²) in [5, 5.41) is 21.2. The van der Waals surface area contributed by atoms with E-state index in [1.54, 1.807) is 24.3 Å². The largest absolute Gasteiger partial charge is 0.478 e. The van der Waals surface area contributed by atoms with Gasteiger partial charge in [-0.1, -0.05) is 41.4 Å². The van der Waals surface area contributed by atoms with Gasteiger partial charge < -0.3 is 15.4 Å². The number of aryl methyl sites for hydroxylation is 1. The Morgan fingerprint density at radius 2 is 1.84 bits per heavy atom. The number of para-hydroxylation sites is 1. The summed E-state index contributed by atoms with van der Waals surface area (Å²) in [6.45, 7) is 2.02. The Hall–Kier alpha value is -3.55. The number of rotatable bonds is 3. The number of halogens is 2. The van der Waals surface area contributed by atoms with Crippen molar-refractivity contribution in [2.45, 2.75) is 6.92 Å². The molecule has 0 aliphatic rings. The van der Waals surface area contributed by atoms with Gasteiger partial charge in [0.05, 0.1) is 32.8 Å². The highest BCUT2D eigenvalue weighted by atomic mass is 35.5. The number of carboxylic acid groups (broad SMARTS) is 1. The third-order valence-corrected chi connectivity index (χ3v) is 5.11. The molecule has 0 bridgehead atoms. The molecule has 4 N–H and O–H groups in total. The fourth-order valence-electron chi connectivity index (χ4n) is 3.01. The highest BCUT2D eigenvalue weighted by Crippen LogP contribution is 2.28. The first kappa shape index (κ1) is 20.7. The molecule has 0 aliphatic heterocycles. The van der Waals surface area contributed by atoms with E-state index in [9.17, 15) is 4.79 Å². The normalized spacial score (nSPS) is 10.7. The van der Waals surface area contributed by atoms with Crippen LogP contribution in [0.5, 0.6) is 0 Å². The van der Waals surface area contributed by atoms with Crippen LogP contribution in [-0.2, 0) is 0 Å². The van der Waals surface area contributed by atoms with Crippen LogP contribution in [0.4, 0.5) is 11.6 Å². The maximum absolute atomic E-state index is 10.9. The van der Waals surface area contributed by atoms with Crippen LogP contribution in [0.1, 0.15) is 16.1 Å². The average molecular weight is 454 g/mol. The van der Waals surface area contributed by atoms with Gasteiger partial charge in [0.1, 0.15) is 0 Å². The van der Waals surface area contributed by atoms with Crippen molar-refractivity contribution in [3.8, 4) is 0 Å². The second-order valence-corrected chi connectivity index (χ2v) is 7.58. The van der Waals surface area contributed by atoms with Crippen molar-refractivity contribution in [1.29, 1.82) is 0 Å². The molecule has 0 saturated carbocycles. The van der Waals surface area contributed by atoms with Gasteiger partial charge in [-0.15, -0.1) is 0 Å². The lowest BCUT2D eigenvalue weighted by atomic mass is 10.2. The van der Waals surface area contributed by atoms with Gasteiger partial charge in [-0.25, -0.2) is 9.78 Å². The van der Waals surface area contributed by atoms with Crippen LogP contribution in [-0.4, -0.2) is 31.2 Å². The Morgan fingerprint density at radius 3 is 2.58 bits per heavy atom. The maximum atomic E-state index is 10.9. The second-order valence-electron chi connectivity index (χ2n) is 6.74. The number of aromatic nitrogens is 4. The first-order chi connectivity index (χ1) is 14.9. The number of anilines is 2. The fraction of sp³-hybridized carbons (Fsp3) is 0.0455. The van der Waals surface area contributed by atoms with Gasteiger partial charge in [0.2, 0.25) is 5.95 Å². The molecule has 9 heteroatoms. The molecule has 7 nitrogen and oxygen atoms in total. The number of nitrogens with zero attached hydrogens (tertiary/aromatic N) is 2. The first-order valence-electron chi connectivity index (χ1n) is 9.25. The lowest BCUT2D eigenvalue weighted by Crippen LogP contribution is -1.94. The molecular formula is C22H17Cl2N5O2. The van der Waals surface area contributed by atoms with Crippen LogP contribution < -0.4 is 5.32 Å². The highest BCUT2D eigenvalue weighted by Gasteiger charge is 2.09. The number of carboxylic acids is 1. The van der Waals surface area contributed by atoms with Crippen LogP contribution in [0, 0.1) is 6.92 Å². The van der Waals surface area contributed by atoms with E-state index in [2.05, 4.69) is 31.5 Å². The minimum Gasteiger partial charge on any atom is -0.478 e. The van der Waals surface area contributed by atoms with Gasteiger partial charge in [0.25, 0.3) is 0 Å². The molecule has 2 heterocycles. The van der Waals surface area contributed by atoms with E-state index in [0.717, 1.165) is 11.2 Å². The zero-order chi connectivity index (χ0) is 22.0. The molecule has 5 rings (SSSR count). The Bertz CT molecular complexity index is 1390. The van der Waals surface area contributed by atoms with Crippen LogP contribution in [0.3, 0.4) is 0 Å². The van der Waals surface area contributed by atoms with Gasteiger partial charge in [-0.05, 0) is 49.4 Å². The molecule has 0 spiro atoms. The predicted octanol–water partition coefficient (Wildman–Crippen LogP) is 6.18. The van der Waals surface area contributed by atoms with Crippen molar-refractivity contribution in [1.82, 2.24) is 20.2 Å². The Balaban J connectivity index is 0.000000192. The number of carbonyl (C=O) groups is 1. The zero-order valence-electron chi connectivity index (χ0n) is 16.3. The summed E-state index contributed by atoms with van der Waals surface area (Å²) in [5.41, 5.74) is 4.31. The number of aromatic amines is 2. The van der Waals surface area contributed by atoms with Crippen molar-refractivity contribution < 1.29 is 9.90 Å². The summed E-state index contributed by atoms with van der Waals surface area (Å²) in [5.74, 6) is -0.515. The van der Waals surface area contributed by atoms with Gasteiger partial charge in [0.15, 0.2) is 0 Å². The number of fused-ring (bicyclic) bond motifs is 2. The summed E-state index contributed by atoms with van der Waals surface area (Å²) >= 11 is 11.9. The average Bonchev–Trinajstić information content (AvgIpc) is 3.33. The predicted molar refractivity (Wildman–Crippen MR) is 124 cm³/mol. The minimum absolute atomic E-state index is 0.197. The number of hydrogen-bond acceptors (Lipinski definition) is 4. The van der Waals surface area contributed by atoms with Crippen LogP contribution >= 0.6 is 23.2 Å². The van der Waals surface area contributed by atoms with Crippen molar-refractivity contribution in [2.24, 2.45) is 0 Å². The third kappa shape index (κ3) is 4.63. The van der Waals surface area contributed by atoms with E-state index < -0.39 is 5.97 Å². The molecule has 0 amide bonds. The topological polar surface area (TPSA) is 107 Å². The van der Waals surface area contributed by atoms with E-state index in [4.69, 9.17) is 28.3 Å². The van der Waals surface area contributed by atoms with Gasteiger partial charge >= 0.3 is 5.97 Å². The fourth-order valence-corrected chi connectivity index (χ4v) is 3.47. The van der Waals surface area contributed by atoms with Crippen molar-refractivity contribution in [2.75, 3.05) is 5.32 Å². The van der Waals surface area contributed by atoms with E-state index in [1.165, 1.54) is 17.5 Å². The highest BCUT2D eigenvalue weighted by molar-refractivity contribution is 6.36. The quantitative estimate of drug-likeness (QED) is 0.260. The number of imidazole rings is 1. The molecule has 0 fully saturated rings. The number of benzene rings is 3. The zero-order valence-corrected chi connectivity index (χ0v) is 17.8. The molecule has 156 valence electrons. The Kier molecular flexibility index (Phi) is 5.79. The maximum Gasteiger partial charge on any atom is 0.335 e. The molecular weight excluding hydrogens is 437 g/mol. The molecule has 0 atom stereocenters. The summed E-state index contributed by atoms with van der Waals surface area (Å²) in [6, 6.07) is 17.8. The van der Waals surface area contributed by atoms with Crippen LogP contribution in [0.25, 0.3) is 21.9 Å². The number of nitrogens with one attached hydrogen (secondary N) is 3. The lowest BCUT2D eigenvalue weighted by molar-refractivity contribution is 0.0697. The van der Waals surface area contributed by atoms with Gasteiger partial charge in [0, 0.05) is 16.1 Å². The van der Waals surface area contributed by atoms with Crippen LogP contribution in [0.15, 0.2) is 60.7 Å². The van der Waals surface area contributed by atoms with Crippen LogP contribution in [0.2, 0.25) is 10.0 Å². The summed E-state index contributed by atoms with van der Waals surface area (Å²) < 4.78 is 0. The molecule has 0 unspecified atom stereocenters. The number of H-pyrrole nitrogens is 2. The van der Waals surface area contributed by atoms with Gasteiger partial charge in [-0.3, -0.25) is 5.10 Å². The van der Waals surface area contributed by atoms with Crippen molar-refractivity contribution >= 4 is 62.7 Å². The number of hydrogen-bond donors (Lipinski definition) is 4. The SMILES string of the molecule is Cc1[nH]nc2ccccc12.O=C(O)c1ccc2nc(Nc3ccc(Cl)cc3Cl)[nH]c2c1. The molecule has 31 heavy (non-hydrogen) atoms. The monoisotopic (exact) mass is 453 g/mol. The molecule has 0 aliphatic carbocycles. The molecule has 5 aromatic rings. The van der Waals surface area contributed by atoms with Crippen molar-refractivity contribution in [3.63, 3.8) is 0 Å². The van der Waals surface area contributed by atoms with Crippen molar-refractivity contribution in [3.05, 3.63) is 82.0 Å². The molecule has 2 aromatic heterocycles. The smallest absolute Gasteiger partial charge is 0.335 e. The van der Waals surface area contributed by atoms with E-state index in [0.29, 0.717) is 32.7 Å². The summed E-state index contributed by atoms with van der Waals surface area (Å²) in [4.78, 5) is 18.3. The molecule has 3 aromatic carbocycles. The second kappa shape index (κ2) is 8.67. The van der Waals surface area contributed by atoms with E-state index in [1.807, 2.05) is 25.1 Å². The summed E-state index contributed by atoms with van der Waals surface area (Å²) in [7, 11) is 0. The Morgan fingerprint density at radius 1 is 1.03 bits per heavy atom. The minimum atomic E-state index is -0.984. The van der Waals surface area contributed by atoms with E-state index in [-0.39, 0.29) is 5.56 Å². The number of aromatic carboxylic acids is 1. The lowest BCUT2D eigenvalue weighted by Gasteiger charge is -2.05. The standard InChI is InChI=1S/C14H9Cl2N3O2.C8H8N2/c15-8-2-4-10(9(16)6-8)17-14-18-11-3-1-7(13(20)21)5-12(11)19-14;1-6-7-4-2-3-5-8(7)10-9-6/h1-6H,(H,20,21)(H2,17,18,19);2-5H,1H3,(H,9,10). The first-order valence-corrected chi connectivity index (χ1v) is 10.0. The van der Waals surface area contributed by atoms with Gasteiger partial charge in [-0.2, -0.15) is 5.10 Å². The molecule has 0 radical (unpaired) electrons. The third-order valence-electron chi connectivity index (χ3n) is 4.57. The Labute approximate surface area is 187 Å². The van der Waals surface area contributed by atoms with E-state index >= 15 is 0 Å². The molecule has 0 saturated heterocycles. The summed E-state index contributed by atoms with van der Waals surface area (Å²) in [6.07, 6.45) is 0.